The monoisotopic (exact) mass is 521 g/mol. The van der Waals surface area contributed by atoms with E-state index < -0.39 is 5.97 Å². The van der Waals surface area contributed by atoms with Crippen LogP contribution in [0.1, 0.15) is 32.6 Å². The van der Waals surface area contributed by atoms with Crippen LogP contribution in [0.2, 0.25) is 0 Å². The lowest BCUT2D eigenvalue weighted by Crippen LogP contribution is -2.26. The number of carboxylic acids is 1. The molecule has 0 aliphatic carbocycles. The molecule has 4 aromatic rings. The molecular weight excluding hydrogens is 494 g/mol. The van der Waals surface area contributed by atoms with E-state index in [0.29, 0.717) is 34.0 Å². The predicted molar refractivity (Wildman–Crippen MR) is 149 cm³/mol. The van der Waals surface area contributed by atoms with E-state index in [0.717, 1.165) is 22.4 Å². The van der Waals surface area contributed by atoms with Crippen molar-refractivity contribution < 1.29 is 28.9 Å². The first kappa shape index (κ1) is 25.6. The van der Waals surface area contributed by atoms with Crippen molar-refractivity contribution in [2.75, 3.05) is 26.2 Å². The fraction of sp³-hybridized carbons (Fsp3) is 0.125. The molecule has 1 aliphatic rings. The molecule has 0 aromatic heterocycles. The fourth-order valence-corrected chi connectivity index (χ4v) is 4.95. The van der Waals surface area contributed by atoms with Gasteiger partial charge in [-0.05, 0) is 47.0 Å². The van der Waals surface area contributed by atoms with Crippen LogP contribution in [-0.4, -0.2) is 38.3 Å². The maximum absolute atomic E-state index is 14.3. The molecule has 1 aliphatic heterocycles. The normalized spacial score (nSPS) is 13.6. The van der Waals surface area contributed by atoms with Gasteiger partial charge in [-0.2, -0.15) is 0 Å². The number of para-hydroxylation sites is 1. The summed E-state index contributed by atoms with van der Waals surface area (Å²) in [7, 11) is 4.66. The van der Waals surface area contributed by atoms with Crippen LogP contribution < -0.4 is 19.1 Å². The number of hydrogen-bond acceptors (Lipinski definition) is 5. The smallest absolute Gasteiger partial charge is 0.335 e. The molecule has 1 amide bonds. The number of methoxy groups -OCH3 is 3. The fourth-order valence-electron chi connectivity index (χ4n) is 4.95. The molecule has 0 radical (unpaired) electrons. The third-order valence-electron chi connectivity index (χ3n) is 6.70. The number of hydrogen-bond donors (Lipinski definition) is 1. The molecule has 1 heterocycles. The summed E-state index contributed by atoms with van der Waals surface area (Å²) >= 11 is 0. The molecule has 7 heteroatoms. The first-order valence-corrected chi connectivity index (χ1v) is 12.3. The predicted octanol–water partition coefficient (Wildman–Crippen LogP) is 5.92. The Morgan fingerprint density at radius 2 is 1.38 bits per heavy atom. The Hall–Kier alpha value is -5.04. The molecule has 0 unspecified atom stereocenters. The van der Waals surface area contributed by atoms with Crippen LogP contribution in [0.3, 0.4) is 0 Å². The number of ether oxygens (including phenoxy) is 3. The minimum absolute atomic E-state index is 0.172. The van der Waals surface area contributed by atoms with E-state index >= 15 is 0 Å². The van der Waals surface area contributed by atoms with E-state index in [1.54, 1.807) is 38.4 Å². The molecule has 0 bridgehead atoms. The molecule has 0 saturated carbocycles. The molecule has 7 nitrogen and oxygen atoms in total. The van der Waals surface area contributed by atoms with Gasteiger partial charge < -0.3 is 24.2 Å². The topological polar surface area (TPSA) is 85.3 Å². The molecule has 4 aromatic carbocycles. The lowest BCUT2D eigenvalue weighted by molar-refractivity contribution is -0.113. The summed E-state index contributed by atoms with van der Waals surface area (Å²) in [4.78, 5) is 27.5. The molecule has 5 rings (SSSR count). The number of benzene rings is 4. The van der Waals surface area contributed by atoms with Crippen molar-refractivity contribution in [1.29, 1.82) is 0 Å². The van der Waals surface area contributed by atoms with E-state index in [9.17, 15) is 14.7 Å². The van der Waals surface area contributed by atoms with Crippen molar-refractivity contribution in [2.45, 2.75) is 6.54 Å². The standard InChI is InChI=1S/C32H27NO6/c1-37-26-17-23(18-27(38-2)30(26)39-3)28(21-11-5-4-6-12-21)29-24-14-7-8-15-25(24)33(31(29)34)19-20-10-9-13-22(16-20)32(35)36/h4-18H,19H2,1-3H3,(H,35,36). The number of nitrogens with zero attached hydrogens (tertiary/aromatic N) is 1. The van der Waals surface area contributed by atoms with E-state index in [1.165, 1.54) is 6.07 Å². The molecule has 196 valence electrons. The van der Waals surface area contributed by atoms with Gasteiger partial charge in [0.25, 0.3) is 5.91 Å². The van der Waals surface area contributed by atoms with Gasteiger partial charge in [0, 0.05) is 11.1 Å². The molecule has 0 atom stereocenters. The van der Waals surface area contributed by atoms with Gasteiger partial charge in [0.15, 0.2) is 11.5 Å². The van der Waals surface area contributed by atoms with Gasteiger partial charge in [0.1, 0.15) is 0 Å². The number of amides is 1. The molecule has 39 heavy (non-hydrogen) atoms. The van der Waals surface area contributed by atoms with Crippen LogP contribution in [-0.2, 0) is 11.3 Å². The summed E-state index contributed by atoms with van der Waals surface area (Å²) in [6.07, 6.45) is 0. The summed E-state index contributed by atoms with van der Waals surface area (Å²) in [5, 5.41) is 9.45. The average molecular weight is 522 g/mol. The molecule has 0 saturated heterocycles. The third-order valence-corrected chi connectivity index (χ3v) is 6.70. The van der Waals surface area contributed by atoms with Crippen molar-refractivity contribution in [3.8, 4) is 17.2 Å². The maximum Gasteiger partial charge on any atom is 0.335 e. The van der Waals surface area contributed by atoms with Gasteiger partial charge >= 0.3 is 5.97 Å². The van der Waals surface area contributed by atoms with Crippen molar-refractivity contribution in [3.63, 3.8) is 0 Å². The second kappa shape index (κ2) is 10.8. The minimum atomic E-state index is -1.01. The summed E-state index contributed by atoms with van der Waals surface area (Å²) in [6, 6.07) is 27.6. The van der Waals surface area contributed by atoms with Crippen LogP contribution in [0.5, 0.6) is 17.2 Å². The van der Waals surface area contributed by atoms with Gasteiger partial charge in [0.2, 0.25) is 5.75 Å². The Morgan fingerprint density at radius 3 is 2.03 bits per heavy atom. The van der Waals surface area contributed by atoms with Crippen LogP contribution in [0.4, 0.5) is 5.69 Å². The highest BCUT2D eigenvalue weighted by Crippen LogP contribution is 2.47. The van der Waals surface area contributed by atoms with Crippen LogP contribution >= 0.6 is 0 Å². The van der Waals surface area contributed by atoms with Crippen molar-refractivity contribution in [1.82, 2.24) is 0 Å². The lowest BCUT2D eigenvalue weighted by atomic mass is 9.89. The number of carboxylic acid groups (broad SMARTS) is 1. The van der Waals surface area contributed by atoms with E-state index in [1.807, 2.05) is 72.8 Å². The first-order chi connectivity index (χ1) is 19.0. The average Bonchev–Trinajstić information content (AvgIpc) is 3.24. The second-order valence-corrected chi connectivity index (χ2v) is 8.94. The Morgan fingerprint density at radius 1 is 0.744 bits per heavy atom. The van der Waals surface area contributed by atoms with Gasteiger partial charge in [-0.3, -0.25) is 4.79 Å². The van der Waals surface area contributed by atoms with Crippen LogP contribution in [0, 0.1) is 0 Å². The highest BCUT2D eigenvalue weighted by Gasteiger charge is 2.35. The Kier molecular flexibility index (Phi) is 7.06. The van der Waals surface area contributed by atoms with Gasteiger partial charge in [-0.25, -0.2) is 4.79 Å². The zero-order valence-electron chi connectivity index (χ0n) is 21.8. The van der Waals surface area contributed by atoms with Gasteiger partial charge in [-0.1, -0.05) is 60.7 Å². The summed E-state index contributed by atoms with van der Waals surface area (Å²) in [6.45, 7) is 0.220. The number of aromatic carboxylic acids is 1. The van der Waals surface area contributed by atoms with E-state index in [4.69, 9.17) is 14.2 Å². The number of anilines is 1. The van der Waals surface area contributed by atoms with Gasteiger partial charge in [-0.15, -0.1) is 0 Å². The molecule has 0 spiro atoms. The van der Waals surface area contributed by atoms with E-state index in [2.05, 4.69) is 0 Å². The highest BCUT2D eigenvalue weighted by atomic mass is 16.5. The molecule has 1 N–H and O–H groups in total. The lowest BCUT2D eigenvalue weighted by Gasteiger charge is -2.19. The number of carbonyl (C=O) groups excluding carboxylic acids is 1. The van der Waals surface area contributed by atoms with Crippen LogP contribution in [0.25, 0.3) is 11.1 Å². The molecular formula is C32H27NO6. The zero-order chi connectivity index (χ0) is 27.5. The highest BCUT2D eigenvalue weighted by molar-refractivity contribution is 6.38. The number of rotatable bonds is 8. The second-order valence-electron chi connectivity index (χ2n) is 8.94. The third kappa shape index (κ3) is 4.70. The zero-order valence-corrected chi connectivity index (χ0v) is 21.8. The summed E-state index contributed by atoms with van der Waals surface area (Å²) in [5.74, 6) is 0.201. The maximum atomic E-state index is 14.3. The number of fused-ring (bicyclic) bond motifs is 1. The van der Waals surface area contributed by atoms with Crippen molar-refractivity contribution in [2.24, 2.45) is 0 Å². The SMILES string of the molecule is COc1cc(C(=C2C(=O)N(Cc3cccc(C(=O)O)c3)c3ccccc32)c2ccccc2)cc(OC)c1OC. The quantitative estimate of drug-likeness (QED) is 0.290. The Balaban J connectivity index is 1.74. The van der Waals surface area contributed by atoms with Crippen LogP contribution in [0.15, 0.2) is 91.0 Å². The number of carbonyl (C=O) groups is 2. The molecule has 0 fully saturated rings. The van der Waals surface area contributed by atoms with Crippen molar-refractivity contribution in [3.05, 3.63) is 119 Å². The van der Waals surface area contributed by atoms with E-state index in [-0.39, 0.29) is 18.0 Å². The van der Waals surface area contributed by atoms with Gasteiger partial charge in [0.05, 0.1) is 44.7 Å². The Labute approximate surface area is 226 Å². The minimum Gasteiger partial charge on any atom is -0.493 e. The summed E-state index contributed by atoms with van der Waals surface area (Å²) in [5.41, 5.74) is 5.24. The first-order valence-electron chi connectivity index (χ1n) is 12.3. The summed E-state index contributed by atoms with van der Waals surface area (Å²) < 4.78 is 16.8. The largest absolute Gasteiger partial charge is 0.493 e. The Bertz CT molecular complexity index is 1570. The van der Waals surface area contributed by atoms with Crippen molar-refractivity contribution >= 4 is 28.7 Å².